The second-order valence-electron chi connectivity index (χ2n) is 5.30. The SMILES string of the molecule is Cc1ccc(C(O)c2ccc(OC3CC3)cc2)cc1Cl. The predicted molar refractivity (Wildman–Crippen MR) is 80.3 cm³/mol. The largest absolute Gasteiger partial charge is 0.490 e. The summed E-state index contributed by atoms with van der Waals surface area (Å²) in [6, 6.07) is 13.3. The molecule has 1 fully saturated rings. The third kappa shape index (κ3) is 2.97. The first-order valence-electron chi connectivity index (χ1n) is 6.84. The number of hydrogen-bond donors (Lipinski definition) is 1. The molecule has 1 aliphatic carbocycles. The standard InChI is InChI=1S/C17H17ClO2/c1-11-2-3-13(10-16(11)18)17(19)12-4-6-14(7-5-12)20-15-8-9-15/h2-7,10,15,17,19H,8-9H2,1H3. The molecule has 1 N–H and O–H groups in total. The van der Waals surface area contributed by atoms with Gasteiger partial charge in [-0.25, -0.2) is 0 Å². The first-order valence-corrected chi connectivity index (χ1v) is 7.22. The molecular weight excluding hydrogens is 272 g/mol. The summed E-state index contributed by atoms with van der Waals surface area (Å²) in [7, 11) is 0. The highest BCUT2D eigenvalue weighted by molar-refractivity contribution is 6.31. The minimum atomic E-state index is -0.664. The predicted octanol–water partition coefficient (Wildman–Crippen LogP) is 4.27. The number of ether oxygens (including phenoxy) is 1. The Hall–Kier alpha value is -1.51. The highest BCUT2D eigenvalue weighted by Gasteiger charge is 2.23. The Morgan fingerprint density at radius 2 is 1.75 bits per heavy atom. The highest BCUT2D eigenvalue weighted by Crippen LogP contribution is 2.30. The second kappa shape index (κ2) is 5.47. The van der Waals surface area contributed by atoms with Crippen LogP contribution < -0.4 is 4.74 Å². The molecule has 2 aromatic carbocycles. The van der Waals surface area contributed by atoms with Gasteiger partial charge in [-0.2, -0.15) is 0 Å². The van der Waals surface area contributed by atoms with Crippen molar-refractivity contribution >= 4 is 11.6 Å². The molecule has 104 valence electrons. The first-order chi connectivity index (χ1) is 9.63. The minimum Gasteiger partial charge on any atom is -0.490 e. The van der Waals surface area contributed by atoms with Crippen LogP contribution in [0.25, 0.3) is 0 Å². The van der Waals surface area contributed by atoms with Gasteiger partial charge in [-0.3, -0.25) is 0 Å². The molecule has 2 aromatic rings. The normalized spacial score (nSPS) is 15.9. The van der Waals surface area contributed by atoms with Crippen LogP contribution in [0.15, 0.2) is 42.5 Å². The van der Waals surface area contributed by atoms with Crippen molar-refractivity contribution in [1.29, 1.82) is 0 Å². The van der Waals surface area contributed by atoms with Gasteiger partial charge in [-0.15, -0.1) is 0 Å². The van der Waals surface area contributed by atoms with E-state index in [-0.39, 0.29) is 0 Å². The van der Waals surface area contributed by atoms with Crippen LogP contribution in [0.3, 0.4) is 0 Å². The Bertz CT molecular complexity index is 603. The van der Waals surface area contributed by atoms with Crippen molar-refractivity contribution in [3.05, 3.63) is 64.2 Å². The number of halogens is 1. The molecule has 1 unspecified atom stereocenters. The Kier molecular flexibility index (Phi) is 3.68. The summed E-state index contributed by atoms with van der Waals surface area (Å²) in [5.41, 5.74) is 2.65. The maximum atomic E-state index is 10.4. The molecule has 1 atom stereocenters. The van der Waals surface area contributed by atoms with Crippen molar-refractivity contribution in [3.63, 3.8) is 0 Å². The van der Waals surface area contributed by atoms with E-state index in [1.165, 1.54) is 0 Å². The number of aliphatic hydroxyl groups excluding tert-OH is 1. The molecule has 0 saturated heterocycles. The van der Waals surface area contributed by atoms with Crippen molar-refractivity contribution in [1.82, 2.24) is 0 Å². The topological polar surface area (TPSA) is 29.5 Å². The molecule has 0 spiro atoms. The fourth-order valence-electron chi connectivity index (χ4n) is 2.08. The van der Waals surface area contributed by atoms with E-state index in [1.807, 2.05) is 49.4 Å². The van der Waals surface area contributed by atoms with Crippen LogP contribution in [0.1, 0.15) is 35.6 Å². The molecule has 0 amide bonds. The average molecular weight is 289 g/mol. The minimum absolute atomic E-state index is 0.390. The van der Waals surface area contributed by atoms with E-state index in [0.717, 1.165) is 35.3 Å². The Morgan fingerprint density at radius 3 is 2.35 bits per heavy atom. The molecule has 0 radical (unpaired) electrons. The lowest BCUT2D eigenvalue weighted by atomic mass is 10.0. The maximum Gasteiger partial charge on any atom is 0.119 e. The Balaban J connectivity index is 1.78. The number of rotatable bonds is 4. The molecule has 0 aliphatic heterocycles. The third-order valence-electron chi connectivity index (χ3n) is 3.53. The van der Waals surface area contributed by atoms with E-state index < -0.39 is 6.10 Å². The quantitative estimate of drug-likeness (QED) is 0.910. The fourth-order valence-corrected chi connectivity index (χ4v) is 2.27. The fraction of sp³-hybridized carbons (Fsp3) is 0.294. The number of aryl methyl sites for hydroxylation is 1. The van der Waals surface area contributed by atoms with E-state index in [9.17, 15) is 5.11 Å². The Morgan fingerprint density at radius 1 is 1.10 bits per heavy atom. The van der Waals surface area contributed by atoms with Crippen LogP contribution in [0.5, 0.6) is 5.75 Å². The van der Waals surface area contributed by atoms with Gasteiger partial charge in [0.1, 0.15) is 11.9 Å². The smallest absolute Gasteiger partial charge is 0.119 e. The lowest BCUT2D eigenvalue weighted by Crippen LogP contribution is -2.01. The van der Waals surface area contributed by atoms with Crippen LogP contribution in [0.2, 0.25) is 5.02 Å². The third-order valence-corrected chi connectivity index (χ3v) is 3.94. The van der Waals surface area contributed by atoms with Crippen LogP contribution >= 0.6 is 11.6 Å². The van der Waals surface area contributed by atoms with Crippen LogP contribution in [-0.2, 0) is 0 Å². The molecule has 3 heteroatoms. The molecule has 3 rings (SSSR count). The van der Waals surface area contributed by atoms with Gasteiger partial charge in [0.25, 0.3) is 0 Å². The molecular formula is C17H17ClO2. The van der Waals surface area contributed by atoms with Crippen LogP contribution in [-0.4, -0.2) is 11.2 Å². The second-order valence-corrected chi connectivity index (χ2v) is 5.70. The van der Waals surface area contributed by atoms with Crippen molar-refractivity contribution in [2.45, 2.75) is 32.0 Å². The van der Waals surface area contributed by atoms with E-state index in [1.54, 1.807) is 0 Å². The van der Waals surface area contributed by atoms with Crippen LogP contribution in [0, 0.1) is 6.92 Å². The van der Waals surface area contributed by atoms with Crippen molar-refractivity contribution in [3.8, 4) is 5.75 Å². The van der Waals surface area contributed by atoms with Gasteiger partial charge in [0, 0.05) is 5.02 Å². The van der Waals surface area contributed by atoms with Gasteiger partial charge in [0.15, 0.2) is 0 Å². The molecule has 2 nitrogen and oxygen atoms in total. The summed E-state index contributed by atoms with van der Waals surface area (Å²) < 4.78 is 5.70. The summed E-state index contributed by atoms with van der Waals surface area (Å²) >= 11 is 6.10. The van der Waals surface area contributed by atoms with Crippen LogP contribution in [0.4, 0.5) is 0 Å². The van der Waals surface area contributed by atoms with E-state index in [0.29, 0.717) is 11.1 Å². The molecule has 1 aliphatic rings. The zero-order valence-electron chi connectivity index (χ0n) is 11.3. The molecule has 0 heterocycles. The number of benzene rings is 2. The van der Waals surface area contributed by atoms with Crippen molar-refractivity contribution < 1.29 is 9.84 Å². The summed E-state index contributed by atoms with van der Waals surface area (Å²) in [4.78, 5) is 0. The molecule has 20 heavy (non-hydrogen) atoms. The van der Waals surface area contributed by atoms with Gasteiger partial charge in [0.05, 0.1) is 6.10 Å². The van der Waals surface area contributed by atoms with Crippen molar-refractivity contribution in [2.75, 3.05) is 0 Å². The zero-order chi connectivity index (χ0) is 14.1. The van der Waals surface area contributed by atoms with E-state index in [2.05, 4.69) is 0 Å². The lowest BCUT2D eigenvalue weighted by Gasteiger charge is -2.13. The lowest BCUT2D eigenvalue weighted by molar-refractivity contribution is 0.220. The van der Waals surface area contributed by atoms with Gasteiger partial charge in [-0.05, 0) is 54.7 Å². The summed E-state index contributed by atoms with van der Waals surface area (Å²) in [5.74, 6) is 0.866. The Labute approximate surface area is 124 Å². The van der Waals surface area contributed by atoms with E-state index >= 15 is 0 Å². The summed E-state index contributed by atoms with van der Waals surface area (Å²) in [6.07, 6.45) is 2.02. The van der Waals surface area contributed by atoms with Gasteiger partial charge >= 0.3 is 0 Å². The van der Waals surface area contributed by atoms with Crippen molar-refractivity contribution in [2.24, 2.45) is 0 Å². The number of hydrogen-bond acceptors (Lipinski definition) is 2. The maximum absolute atomic E-state index is 10.4. The molecule has 1 saturated carbocycles. The summed E-state index contributed by atoms with van der Waals surface area (Å²) in [6.45, 7) is 1.95. The first kappa shape index (κ1) is 13.5. The molecule has 0 aromatic heterocycles. The molecule has 0 bridgehead atoms. The van der Waals surface area contributed by atoms with Gasteiger partial charge < -0.3 is 9.84 Å². The monoisotopic (exact) mass is 288 g/mol. The van der Waals surface area contributed by atoms with Gasteiger partial charge in [-0.1, -0.05) is 35.9 Å². The summed E-state index contributed by atoms with van der Waals surface area (Å²) in [5, 5.41) is 11.1. The zero-order valence-corrected chi connectivity index (χ0v) is 12.1. The number of aliphatic hydroxyl groups is 1. The van der Waals surface area contributed by atoms with E-state index in [4.69, 9.17) is 16.3 Å². The highest BCUT2D eigenvalue weighted by atomic mass is 35.5. The van der Waals surface area contributed by atoms with Gasteiger partial charge in [0.2, 0.25) is 0 Å². The average Bonchev–Trinajstić information content (AvgIpc) is 3.26.